The van der Waals surface area contributed by atoms with Gasteiger partial charge in [-0.15, -0.1) is 0 Å². The van der Waals surface area contributed by atoms with E-state index in [2.05, 4.69) is 29.1 Å². The lowest BCUT2D eigenvalue weighted by Crippen LogP contribution is -2.42. The number of hydrogen-bond acceptors (Lipinski definition) is 5. The minimum absolute atomic E-state index is 0.170. The molecule has 170 valence electrons. The van der Waals surface area contributed by atoms with Crippen molar-refractivity contribution in [1.29, 1.82) is 0 Å². The molecule has 4 rings (SSSR count). The van der Waals surface area contributed by atoms with Crippen LogP contribution in [0, 0.1) is 5.92 Å². The van der Waals surface area contributed by atoms with E-state index in [1.165, 1.54) is 22.7 Å². The Morgan fingerprint density at radius 1 is 1.26 bits per heavy atom. The lowest BCUT2D eigenvalue weighted by molar-refractivity contribution is -0.0159. The Hall–Kier alpha value is -1.68. The van der Waals surface area contributed by atoms with E-state index in [-0.39, 0.29) is 24.7 Å². The summed E-state index contributed by atoms with van der Waals surface area (Å²) in [5.41, 5.74) is 2.46. The maximum Gasteiger partial charge on any atom is 0.303 e. The summed E-state index contributed by atoms with van der Waals surface area (Å²) in [4.78, 5) is 3.43. The van der Waals surface area contributed by atoms with Crippen LogP contribution in [0.15, 0.2) is 21.3 Å². The molecule has 1 fully saturated rings. The van der Waals surface area contributed by atoms with E-state index >= 15 is 0 Å². The van der Waals surface area contributed by atoms with Gasteiger partial charge in [-0.25, -0.2) is 0 Å². The van der Waals surface area contributed by atoms with Gasteiger partial charge in [0.05, 0.1) is 47.9 Å². The van der Waals surface area contributed by atoms with Crippen LogP contribution in [-0.4, -0.2) is 50.6 Å². The minimum atomic E-state index is -3.72. The first-order chi connectivity index (χ1) is 14.7. The molecular formula is C21H30ClN5O3S. The molecule has 0 bridgehead atoms. The zero-order valence-electron chi connectivity index (χ0n) is 18.4. The molecule has 1 aromatic heterocycles. The quantitative estimate of drug-likeness (QED) is 0.721. The fraction of sp³-hybridized carbons (Fsp3) is 0.619. The van der Waals surface area contributed by atoms with Crippen molar-refractivity contribution in [3.63, 3.8) is 0 Å². The second kappa shape index (κ2) is 8.69. The van der Waals surface area contributed by atoms with E-state index in [1.54, 1.807) is 6.20 Å². The topological polar surface area (TPSA) is 90.4 Å². The number of ether oxygens (including phenoxy) is 1. The van der Waals surface area contributed by atoms with Gasteiger partial charge in [-0.05, 0) is 57.1 Å². The Labute approximate surface area is 188 Å². The summed E-state index contributed by atoms with van der Waals surface area (Å²) in [5.74, 6) is 0.227. The zero-order chi connectivity index (χ0) is 22.3. The first-order valence-electron chi connectivity index (χ1n) is 10.7. The number of H-pyrrole nitrogens is 1. The van der Waals surface area contributed by atoms with Crippen molar-refractivity contribution < 1.29 is 13.2 Å². The molecular weight excluding hydrogens is 438 g/mol. The second-order valence-corrected chi connectivity index (χ2v) is 11.2. The van der Waals surface area contributed by atoms with E-state index in [0.29, 0.717) is 17.3 Å². The van der Waals surface area contributed by atoms with Crippen LogP contribution < -0.4 is 15.0 Å². The smallest absolute Gasteiger partial charge is 0.303 e. The molecule has 3 heterocycles. The van der Waals surface area contributed by atoms with E-state index in [0.717, 1.165) is 47.5 Å². The van der Waals surface area contributed by atoms with Gasteiger partial charge in [0.15, 0.2) is 0 Å². The molecule has 1 N–H and O–H groups in total. The standard InChI is InChI=1S/C21H30ClN5O3S/c1-13(2)30-15-7-5-14(6-8-15)19-17(22)9-10-27(31(28,29)26(3)4)21-16-11-23-24-12-18(16)25-20(19)21/h9,12-15,25H,5-8,10-11H2,1-4H3. The van der Waals surface area contributed by atoms with Crippen LogP contribution in [0.3, 0.4) is 0 Å². The number of nitrogens with one attached hydrogen (secondary N) is 1. The summed E-state index contributed by atoms with van der Waals surface area (Å²) in [6.07, 6.45) is 7.74. The first kappa shape index (κ1) is 22.5. The Morgan fingerprint density at radius 3 is 2.61 bits per heavy atom. The molecule has 0 atom stereocenters. The van der Waals surface area contributed by atoms with Crippen molar-refractivity contribution in [2.45, 2.75) is 58.3 Å². The molecule has 2 aliphatic heterocycles. The number of allylic oxidation sites excluding steroid dienone is 1. The average Bonchev–Trinajstić information content (AvgIpc) is 3.00. The largest absolute Gasteiger partial charge is 0.376 e. The fourth-order valence-corrected chi connectivity index (χ4v) is 6.07. The van der Waals surface area contributed by atoms with Crippen LogP contribution in [0.5, 0.6) is 0 Å². The van der Waals surface area contributed by atoms with Crippen LogP contribution in [0.4, 0.5) is 5.69 Å². The molecule has 0 aromatic carbocycles. The summed E-state index contributed by atoms with van der Waals surface area (Å²) in [7, 11) is -0.639. The van der Waals surface area contributed by atoms with Gasteiger partial charge < -0.3 is 9.72 Å². The van der Waals surface area contributed by atoms with E-state index in [4.69, 9.17) is 16.3 Å². The van der Waals surface area contributed by atoms with Crippen LogP contribution in [0.2, 0.25) is 0 Å². The summed E-state index contributed by atoms with van der Waals surface area (Å²) in [6, 6.07) is 0. The summed E-state index contributed by atoms with van der Waals surface area (Å²) in [5, 5.41) is 10.3. The van der Waals surface area contributed by atoms with Crippen molar-refractivity contribution in [2.75, 3.05) is 24.9 Å². The minimum Gasteiger partial charge on any atom is -0.376 e. The highest BCUT2D eigenvalue weighted by molar-refractivity contribution is 7.90. The van der Waals surface area contributed by atoms with Gasteiger partial charge >= 0.3 is 10.2 Å². The molecule has 0 unspecified atom stereocenters. The van der Waals surface area contributed by atoms with Crippen LogP contribution in [-0.2, 0) is 21.5 Å². The SMILES string of the molecule is CC(C)OC1CCC(C2=c3[nH]c4c(c3N(S(=O)(=O)N(C)C)CC=C2Cl)CN=NC=4)CC1. The fourth-order valence-electron chi connectivity index (χ4n) is 4.66. The van der Waals surface area contributed by atoms with E-state index in [1.807, 2.05) is 6.08 Å². The highest BCUT2D eigenvalue weighted by atomic mass is 35.5. The molecule has 1 saturated carbocycles. The molecule has 0 amide bonds. The molecule has 1 aliphatic carbocycles. The van der Waals surface area contributed by atoms with Gasteiger partial charge in [0.25, 0.3) is 0 Å². The number of fused-ring (bicyclic) bond motifs is 3. The van der Waals surface area contributed by atoms with Crippen molar-refractivity contribution in [3.05, 3.63) is 27.4 Å². The lowest BCUT2D eigenvalue weighted by atomic mass is 9.81. The van der Waals surface area contributed by atoms with Crippen molar-refractivity contribution >= 4 is 39.3 Å². The number of anilines is 1. The molecule has 3 aliphatic rings. The molecule has 10 heteroatoms. The van der Waals surface area contributed by atoms with Crippen molar-refractivity contribution in [2.24, 2.45) is 16.1 Å². The van der Waals surface area contributed by atoms with E-state index < -0.39 is 10.2 Å². The number of aromatic nitrogens is 1. The number of halogens is 1. The van der Waals surface area contributed by atoms with Crippen molar-refractivity contribution in [3.8, 4) is 0 Å². The Bertz CT molecular complexity index is 1130. The average molecular weight is 468 g/mol. The van der Waals surface area contributed by atoms with E-state index in [9.17, 15) is 8.42 Å². The Balaban J connectivity index is 1.85. The van der Waals surface area contributed by atoms with Crippen LogP contribution in [0.1, 0.15) is 45.1 Å². The number of azo groups is 1. The summed E-state index contributed by atoms with van der Waals surface area (Å²) >= 11 is 6.81. The summed E-state index contributed by atoms with van der Waals surface area (Å²) in [6.45, 7) is 4.63. The summed E-state index contributed by atoms with van der Waals surface area (Å²) < 4.78 is 35.1. The third-order valence-electron chi connectivity index (χ3n) is 6.10. The molecule has 0 saturated heterocycles. The third kappa shape index (κ3) is 4.20. The molecule has 0 spiro atoms. The predicted octanol–water partition coefficient (Wildman–Crippen LogP) is 2.60. The maximum absolute atomic E-state index is 13.2. The Morgan fingerprint density at radius 2 is 1.97 bits per heavy atom. The first-order valence-corrected chi connectivity index (χ1v) is 12.5. The Kier molecular flexibility index (Phi) is 6.31. The normalized spacial score (nSPS) is 24.0. The second-order valence-electron chi connectivity index (χ2n) is 8.73. The van der Waals surface area contributed by atoms with Gasteiger partial charge in [0.1, 0.15) is 0 Å². The number of hydrogen-bond donors (Lipinski definition) is 1. The molecule has 8 nitrogen and oxygen atoms in total. The predicted molar refractivity (Wildman–Crippen MR) is 122 cm³/mol. The van der Waals surface area contributed by atoms with Crippen LogP contribution in [0.25, 0.3) is 11.8 Å². The highest BCUT2D eigenvalue weighted by Crippen LogP contribution is 2.38. The lowest BCUT2D eigenvalue weighted by Gasteiger charge is -2.31. The molecule has 1 aromatic rings. The third-order valence-corrected chi connectivity index (χ3v) is 8.27. The van der Waals surface area contributed by atoms with Crippen LogP contribution >= 0.6 is 11.6 Å². The van der Waals surface area contributed by atoms with Crippen molar-refractivity contribution in [1.82, 2.24) is 9.29 Å². The monoisotopic (exact) mass is 467 g/mol. The zero-order valence-corrected chi connectivity index (χ0v) is 20.0. The van der Waals surface area contributed by atoms with Gasteiger partial charge in [-0.1, -0.05) is 11.6 Å². The highest BCUT2D eigenvalue weighted by Gasteiger charge is 2.34. The molecule has 0 radical (unpaired) electrons. The maximum atomic E-state index is 13.2. The van der Waals surface area contributed by atoms with Gasteiger partial charge in [0, 0.05) is 24.7 Å². The number of rotatable bonds is 5. The van der Waals surface area contributed by atoms with Gasteiger partial charge in [0.2, 0.25) is 0 Å². The van der Waals surface area contributed by atoms with Gasteiger partial charge in [-0.3, -0.25) is 4.31 Å². The number of aromatic amines is 1. The van der Waals surface area contributed by atoms with Gasteiger partial charge in [-0.2, -0.15) is 23.0 Å². The molecule has 31 heavy (non-hydrogen) atoms. The number of nitrogens with zero attached hydrogens (tertiary/aromatic N) is 4.